The first kappa shape index (κ1) is 13.7. The molecule has 3 rings (SSSR count). The zero-order valence-electron chi connectivity index (χ0n) is 12.5. The summed E-state index contributed by atoms with van der Waals surface area (Å²) in [6.45, 7) is 9.19. The summed E-state index contributed by atoms with van der Waals surface area (Å²) in [4.78, 5) is 6.10. The number of aromatic amines is 1. The fraction of sp³-hybridized carbons (Fsp3) is 0.529. The van der Waals surface area contributed by atoms with Gasteiger partial charge in [0, 0.05) is 49.3 Å². The van der Waals surface area contributed by atoms with Crippen LogP contribution in [0.2, 0.25) is 0 Å². The van der Waals surface area contributed by atoms with E-state index in [1.165, 1.54) is 22.9 Å². The van der Waals surface area contributed by atoms with Crippen LogP contribution in [-0.4, -0.2) is 36.1 Å². The molecule has 0 aliphatic carbocycles. The minimum absolute atomic E-state index is 0.526. The second-order valence-corrected chi connectivity index (χ2v) is 5.91. The van der Waals surface area contributed by atoms with Gasteiger partial charge in [0.2, 0.25) is 0 Å². The van der Waals surface area contributed by atoms with E-state index in [4.69, 9.17) is 0 Å². The molecule has 2 aromatic rings. The van der Waals surface area contributed by atoms with E-state index in [0.717, 1.165) is 26.2 Å². The number of para-hydroxylation sites is 1. The van der Waals surface area contributed by atoms with Gasteiger partial charge in [0.05, 0.1) is 0 Å². The van der Waals surface area contributed by atoms with E-state index in [1.807, 2.05) is 0 Å². The summed E-state index contributed by atoms with van der Waals surface area (Å²) in [5.74, 6) is 0.673. The van der Waals surface area contributed by atoms with Crippen LogP contribution in [0.5, 0.6) is 0 Å². The van der Waals surface area contributed by atoms with Gasteiger partial charge in [-0.1, -0.05) is 38.5 Å². The average Bonchev–Trinajstić information content (AvgIpc) is 2.92. The molecule has 2 N–H and O–H groups in total. The number of piperazine rings is 1. The third-order valence-corrected chi connectivity index (χ3v) is 4.67. The third kappa shape index (κ3) is 2.48. The van der Waals surface area contributed by atoms with E-state index in [1.54, 1.807) is 0 Å². The highest BCUT2D eigenvalue weighted by Gasteiger charge is 2.28. The Kier molecular flexibility index (Phi) is 4.08. The molecule has 1 aliphatic rings. The van der Waals surface area contributed by atoms with Gasteiger partial charge >= 0.3 is 0 Å². The molecule has 0 saturated carbocycles. The Hall–Kier alpha value is -1.32. The van der Waals surface area contributed by atoms with Crippen molar-refractivity contribution in [3.63, 3.8) is 0 Å². The van der Waals surface area contributed by atoms with E-state index in [2.05, 4.69) is 59.5 Å². The molecule has 2 atom stereocenters. The Balaban J connectivity index is 1.99. The second-order valence-electron chi connectivity index (χ2n) is 5.91. The van der Waals surface area contributed by atoms with Crippen LogP contribution >= 0.6 is 0 Å². The van der Waals surface area contributed by atoms with Gasteiger partial charge in [-0.15, -0.1) is 0 Å². The first-order valence-electron chi connectivity index (χ1n) is 7.82. The Morgan fingerprint density at radius 1 is 1.20 bits per heavy atom. The summed E-state index contributed by atoms with van der Waals surface area (Å²) in [6.07, 6.45) is 3.44. The molecule has 1 unspecified atom stereocenters. The number of hydrogen-bond donors (Lipinski definition) is 2. The van der Waals surface area contributed by atoms with Crippen LogP contribution in [-0.2, 0) is 0 Å². The Labute approximate surface area is 121 Å². The lowest BCUT2D eigenvalue weighted by Crippen LogP contribution is -2.46. The molecule has 1 fully saturated rings. The lowest BCUT2D eigenvalue weighted by atomic mass is 9.90. The summed E-state index contributed by atoms with van der Waals surface area (Å²) >= 11 is 0. The van der Waals surface area contributed by atoms with Crippen molar-refractivity contribution in [3.8, 4) is 0 Å². The molecule has 0 spiro atoms. The van der Waals surface area contributed by atoms with Gasteiger partial charge in [0.1, 0.15) is 0 Å². The van der Waals surface area contributed by atoms with Crippen molar-refractivity contribution >= 4 is 10.9 Å². The number of fused-ring (bicyclic) bond motifs is 1. The maximum atomic E-state index is 3.46. The average molecular weight is 271 g/mol. The zero-order valence-corrected chi connectivity index (χ0v) is 12.5. The standard InChI is InChI=1S/C17H25N3/c1-3-13(2)17(20-10-8-18-9-11-20)15-12-19-16-7-5-4-6-14(15)16/h4-7,12-13,17-19H,3,8-11H2,1-2H3/t13?,17-/m1/s1. The van der Waals surface area contributed by atoms with Gasteiger partial charge in [-0.25, -0.2) is 0 Å². The lowest BCUT2D eigenvalue weighted by molar-refractivity contribution is 0.129. The third-order valence-electron chi connectivity index (χ3n) is 4.67. The Bertz CT molecular complexity index is 554. The van der Waals surface area contributed by atoms with Crippen LogP contribution in [0.4, 0.5) is 0 Å². The predicted molar refractivity (Wildman–Crippen MR) is 84.9 cm³/mol. The van der Waals surface area contributed by atoms with Crippen molar-refractivity contribution in [2.75, 3.05) is 26.2 Å². The van der Waals surface area contributed by atoms with Gasteiger partial charge < -0.3 is 10.3 Å². The monoisotopic (exact) mass is 271 g/mol. The maximum Gasteiger partial charge on any atom is 0.0457 e. The molecule has 3 heteroatoms. The van der Waals surface area contributed by atoms with Crippen LogP contribution in [0.3, 0.4) is 0 Å². The van der Waals surface area contributed by atoms with E-state index >= 15 is 0 Å². The first-order chi connectivity index (χ1) is 9.81. The summed E-state index contributed by atoms with van der Waals surface area (Å²) in [5, 5.41) is 4.85. The Morgan fingerprint density at radius 3 is 2.70 bits per heavy atom. The van der Waals surface area contributed by atoms with Crippen molar-refractivity contribution < 1.29 is 0 Å². The summed E-state index contributed by atoms with van der Waals surface area (Å²) in [7, 11) is 0. The highest BCUT2D eigenvalue weighted by atomic mass is 15.2. The number of rotatable bonds is 4. The molecule has 2 heterocycles. The maximum absolute atomic E-state index is 3.46. The van der Waals surface area contributed by atoms with Gasteiger partial charge in [0.25, 0.3) is 0 Å². The van der Waals surface area contributed by atoms with Crippen LogP contribution in [0, 0.1) is 5.92 Å². The van der Waals surface area contributed by atoms with Crippen molar-refractivity contribution in [1.82, 2.24) is 15.2 Å². The minimum atomic E-state index is 0.526. The van der Waals surface area contributed by atoms with Crippen LogP contribution in [0.25, 0.3) is 10.9 Å². The highest BCUT2D eigenvalue weighted by Crippen LogP contribution is 2.35. The van der Waals surface area contributed by atoms with Crippen molar-refractivity contribution in [2.45, 2.75) is 26.3 Å². The second kappa shape index (κ2) is 5.98. The Morgan fingerprint density at radius 2 is 1.95 bits per heavy atom. The van der Waals surface area contributed by atoms with Gasteiger partial charge in [-0.3, -0.25) is 4.90 Å². The van der Waals surface area contributed by atoms with Crippen LogP contribution in [0.15, 0.2) is 30.5 Å². The molecule has 0 amide bonds. The van der Waals surface area contributed by atoms with Crippen LogP contribution in [0.1, 0.15) is 31.9 Å². The van der Waals surface area contributed by atoms with E-state index in [9.17, 15) is 0 Å². The molecule has 20 heavy (non-hydrogen) atoms. The van der Waals surface area contributed by atoms with Crippen molar-refractivity contribution in [2.24, 2.45) is 5.92 Å². The molecule has 3 nitrogen and oxygen atoms in total. The quantitative estimate of drug-likeness (QED) is 0.895. The summed E-state index contributed by atoms with van der Waals surface area (Å²) in [5.41, 5.74) is 2.72. The molecule has 1 aromatic carbocycles. The number of benzene rings is 1. The number of hydrogen-bond acceptors (Lipinski definition) is 2. The molecule has 0 bridgehead atoms. The molecular weight excluding hydrogens is 246 g/mol. The number of H-pyrrole nitrogens is 1. The summed E-state index contributed by atoms with van der Waals surface area (Å²) in [6, 6.07) is 9.19. The predicted octanol–water partition coefficient (Wildman–Crippen LogP) is 3.16. The zero-order chi connectivity index (χ0) is 13.9. The number of nitrogens with one attached hydrogen (secondary N) is 2. The largest absolute Gasteiger partial charge is 0.361 e. The number of nitrogens with zero attached hydrogens (tertiary/aromatic N) is 1. The van der Waals surface area contributed by atoms with Gasteiger partial charge in [-0.05, 0) is 17.5 Å². The topological polar surface area (TPSA) is 31.1 Å². The number of aromatic nitrogens is 1. The molecule has 1 aliphatic heterocycles. The van der Waals surface area contributed by atoms with Crippen LogP contribution < -0.4 is 5.32 Å². The van der Waals surface area contributed by atoms with E-state index in [-0.39, 0.29) is 0 Å². The first-order valence-corrected chi connectivity index (χ1v) is 7.82. The minimum Gasteiger partial charge on any atom is -0.361 e. The van der Waals surface area contributed by atoms with E-state index < -0.39 is 0 Å². The smallest absolute Gasteiger partial charge is 0.0457 e. The molecule has 0 radical (unpaired) electrons. The van der Waals surface area contributed by atoms with Crippen molar-refractivity contribution in [1.29, 1.82) is 0 Å². The lowest BCUT2D eigenvalue weighted by Gasteiger charge is -2.38. The molecule has 1 saturated heterocycles. The fourth-order valence-corrected chi connectivity index (χ4v) is 3.39. The normalized spacial score (nSPS) is 20.1. The summed E-state index contributed by atoms with van der Waals surface area (Å²) < 4.78 is 0. The van der Waals surface area contributed by atoms with Gasteiger partial charge in [0.15, 0.2) is 0 Å². The van der Waals surface area contributed by atoms with Gasteiger partial charge in [-0.2, -0.15) is 0 Å². The highest BCUT2D eigenvalue weighted by molar-refractivity contribution is 5.83. The SMILES string of the molecule is CCC(C)[C@H](c1c[nH]c2ccccc12)N1CCNCC1. The molecule has 1 aromatic heterocycles. The van der Waals surface area contributed by atoms with Crippen molar-refractivity contribution in [3.05, 3.63) is 36.0 Å². The molecule has 108 valence electrons. The molecular formula is C17H25N3. The van der Waals surface area contributed by atoms with E-state index in [0.29, 0.717) is 12.0 Å². The fourth-order valence-electron chi connectivity index (χ4n) is 3.39.